The van der Waals surface area contributed by atoms with E-state index in [1.165, 1.54) is 0 Å². The average molecular weight is 205 g/mol. The number of carbonyl (C=O) groups excluding carboxylic acids is 1. The Morgan fingerprint density at radius 2 is 1.53 bits per heavy atom. The number of nitrogens with zero attached hydrogens (tertiary/aromatic N) is 1. The van der Waals surface area contributed by atoms with Crippen molar-refractivity contribution in [2.75, 3.05) is 0 Å². The topological polar surface area (TPSA) is 30.0 Å². The first-order valence-corrected chi connectivity index (χ1v) is 5.21. The van der Waals surface area contributed by atoms with Gasteiger partial charge in [-0.3, -0.25) is 9.78 Å². The zero-order chi connectivity index (χ0) is 11.7. The van der Waals surface area contributed by atoms with Gasteiger partial charge in [0.2, 0.25) is 0 Å². The number of carbonyl (C=O) groups is 1. The molecule has 0 aliphatic rings. The van der Waals surface area contributed by atoms with Gasteiger partial charge < -0.3 is 0 Å². The molecule has 1 heterocycles. The third-order valence-electron chi connectivity index (χ3n) is 2.65. The van der Waals surface area contributed by atoms with E-state index in [4.69, 9.17) is 0 Å². The van der Waals surface area contributed by atoms with Crippen LogP contribution in [-0.2, 0) is 10.2 Å². The van der Waals surface area contributed by atoms with Crippen LogP contribution in [0, 0.1) is 5.41 Å². The maximum atomic E-state index is 12.3. The molecular weight excluding hydrogens is 186 g/mol. The molecule has 82 valence electrons. The zero-order valence-corrected chi connectivity index (χ0v) is 10.2. The van der Waals surface area contributed by atoms with Gasteiger partial charge in [-0.25, -0.2) is 0 Å². The van der Waals surface area contributed by atoms with Crippen molar-refractivity contribution in [1.29, 1.82) is 0 Å². The Bertz CT molecular complexity index is 347. The summed E-state index contributed by atoms with van der Waals surface area (Å²) in [5.41, 5.74) is 0.269. The largest absolute Gasteiger partial charge is 0.298 e. The summed E-state index contributed by atoms with van der Waals surface area (Å²) in [7, 11) is 0. The quantitative estimate of drug-likeness (QED) is 0.743. The Kier molecular flexibility index (Phi) is 2.98. The van der Waals surface area contributed by atoms with Gasteiger partial charge in [-0.05, 0) is 31.5 Å². The highest BCUT2D eigenvalue weighted by molar-refractivity contribution is 5.93. The Balaban J connectivity index is 3.09. The molecule has 0 aliphatic carbocycles. The van der Waals surface area contributed by atoms with Crippen LogP contribution in [0.5, 0.6) is 0 Å². The fourth-order valence-corrected chi connectivity index (χ4v) is 1.84. The Labute approximate surface area is 91.7 Å². The lowest BCUT2D eigenvalue weighted by molar-refractivity contribution is -0.131. The van der Waals surface area contributed by atoms with Crippen molar-refractivity contribution in [3.63, 3.8) is 0 Å². The van der Waals surface area contributed by atoms with E-state index in [9.17, 15) is 4.79 Å². The Morgan fingerprint density at radius 3 is 1.93 bits per heavy atom. The van der Waals surface area contributed by atoms with E-state index in [1.54, 1.807) is 12.4 Å². The molecule has 1 aromatic heterocycles. The van der Waals surface area contributed by atoms with Crippen LogP contribution >= 0.6 is 0 Å². The van der Waals surface area contributed by atoms with Gasteiger partial charge in [0, 0.05) is 23.2 Å². The van der Waals surface area contributed by atoms with Crippen molar-refractivity contribution >= 4 is 5.78 Å². The van der Waals surface area contributed by atoms with Gasteiger partial charge >= 0.3 is 0 Å². The maximum Gasteiger partial charge on any atom is 0.148 e. The van der Waals surface area contributed by atoms with Crippen LogP contribution in [0.15, 0.2) is 24.5 Å². The van der Waals surface area contributed by atoms with Gasteiger partial charge in [0.05, 0.1) is 0 Å². The van der Waals surface area contributed by atoms with Crippen molar-refractivity contribution in [3.05, 3.63) is 30.1 Å². The first-order valence-electron chi connectivity index (χ1n) is 5.21. The predicted molar refractivity (Wildman–Crippen MR) is 61.7 cm³/mol. The zero-order valence-electron chi connectivity index (χ0n) is 10.2. The van der Waals surface area contributed by atoms with Crippen LogP contribution in [0.4, 0.5) is 0 Å². The number of Topliss-reactive ketones (excluding diaryl/α,β-unsaturated/α-hetero) is 1. The average Bonchev–Trinajstić information content (AvgIpc) is 2.16. The molecule has 0 aromatic carbocycles. The highest BCUT2D eigenvalue weighted by Crippen LogP contribution is 2.32. The summed E-state index contributed by atoms with van der Waals surface area (Å²) in [6.07, 6.45) is 3.46. The molecule has 0 saturated heterocycles. The van der Waals surface area contributed by atoms with Crippen LogP contribution in [0.2, 0.25) is 0 Å². The molecule has 1 rings (SSSR count). The van der Waals surface area contributed by atoms with Gasteiger partial charge in [0.15, 0.2) is 0 Å². The van der Waals surface area contributed by atoms with E-state index in [-0.39, 0.29) is 11.2 Å². The molecule has 0 aliphatic heterocycles. The van der Waals surface area contributed by atoms with Crippen LogP contribution in [0.3, 0.4) is 0 Å². The molecule has 0 saturated carbocycles. The summed E-state index contributed by atoms with van der Waals surface area (Å²) in [5.74, 6) is 0.251. The fourth-order valence-electron chi connectivity index (χ4n) is 1.84. The maximum absolute atomic E-state index is 12.3. The fraction of sp³-hybridized carbons (Fsp3) is 0.538. The van der Waals surface area contributed by atoms with E-state index in [0.29, 0.717) is 0 Å². The third-order valence-corrected chi connectivity index (χ3v) is 2.65. The molecule has 0 bridgehead atoms. The summed E-state index contributed by atoms with van der Waals surface area (Å²) < 4.78 is 0. The summed E-state index contributed by atoms with van der Waals surface area (Å²) in [5, 5.41) is 0. The summed E-state index contributed by atoms with van der Waals surface area (Å²) in [6.45, 7) is 9.81. The Hall–Kier alpha value is -1.18. The smallest absolute Gasteiger partial charge is 0.148 e. The van der Waals surface area contributed by atoms with Gasteiger partial charge in [0.25, 0.3) is 0 Å². The molecule has 0 spiro atoms. The standard InChI is InChI=1S/C13H19NO/c1-12(2,3)11(15)13(4,5)10-6-8-14-9-7-10/h6-9H,1-5H3. The van der Waals surface area contributed by atoms with E-state index < -0.39 is 5.41 Å². The van der Waals surface area contributed by atoms with Gasteiger partial charge in [-0.1, -0.05) is 20.8 Å². The SMILES string of the molecule is CC(C)(C)C(=O)C(C)(C)c1ccncc1. The van der Waals surface area contributed by atoms with Crippen LogP contribution < -0.4 is 0 Å². The number of pyridine rings is 1. The molecule has 1 aromatic rings. The third kappa shape index (κ3) is 2.44. The first kappa shape index (κ1) is 11.9. The number of hydrogen-bond donors (Lipinski definition) is 0. The lowest BCUT2D eigenvalue weighted by atomic mass is 9.71. The summed E-state index contributed by atoms with van der Waals surface area (Å²) >= 11 is 0. The van der Waals surface area contributed by atoms with E-state index in [1.807, 2.05) is 46.8 Å². The summed E-state index contributed by atoms with van der Waals surface area (Å²) in [6, 6.07) is 3.81. The molecule has 0 atom stereocenters. The highest BCUT2D eigenvalue weighted by atomic mass is 16.1. The van der Waals surface area contributed by atoms with Crippen LogP contribution in [0.1, 0.15) is 40.2 Å². The number of ketones is 1. The predicted octanol–water partition coefficient (Wildman–Crippen LogP) is 2.97. The van der Waals surface area contributed by atoms with Crippen LogP contribution in [0.25, 0.3) is 0 Å². The molecule has 15 heavy (non-hydrogen) atoms. The molecule has 0 unspecified atom stereocenters. The number of aromatic nitrogens is 1. The molecule has 0 N–H and O–H groups in total. The lowest BCUT2D eigenvalue weighted by Crippen LogP contribution is -2.38. The van der Waals surface area contributed by atoms with Gasteiger partial charge in [-0.15, -0.1) is 0 Å². The van der Waals surface area contributed by atoms with Crippen LogP contribution in [-0.4, -0.2) is 10.8 Å². The van der Waals surface area contributed by atoms with E-state index in [0.717, 1.165) is 5.56 Å². The number of hydrogen-bond acceptors (Lipinski definition) is 2. The monoisotopic (exact) mass is 205 g/mol. The highest BCUT2D eigenvalue weighted by Gasteiger charge is 2.37. The second-order valence-corrected chi connectivity index (χ2v) is 5.44. The summed E-state index contributed by atoms with van der Waals surface area (Å²) in [4.78, 5) is 16.2. The molecule has 0 radical (unpaired) electrons. The van der Waals surface area contributed by atoms with Crippen molar-refractivity contribution in [2.24, 2.45) is 5.41 Å². The molecule has 0 fully saturated rings. The van der Waals surface area contributed by atoms with Crippen molar-refractivity contribution in [3.8, 4) is 0 Å². The van der Waals surface area contributed by atoms with E-state index in [2.05, 4.69) is 4.98 Å². The van der Waals surface area contributed by atoms with Gasteiger partial charge in [-0.2, -0.15) is 0 Å². The Morgan fingerprint density at radius 1 is 1.07 bits per heavy atom. The minimum absolute atomic E-state index is 0.251. The number of rotatable bonds is 2. The normalized spacial score (nSPS) is 12.6. The van der Waals surface area contributed by atoms with Crippen molar-refractivity contribution < 1.29 is 4.79 Å². The van der Waals surface area contributed by atoms with Gasteiger partial charge in [0.1, 0.15) is 5.78 Å². The molecular formula is C13H19NO. The second-order valence-electron chi connectivity index (χ2n) is 5.44. The lowest BCUT2D eigenvalue weighted by Gasteiger charge is -2.31. The van der Waals surface area contributed by atoms with Crippen molar-refractivity contribution in [2.45, 2.75) is 40.0 Å². The molecule has 2 heteroatoms. The minimum atomic E-state index is -0.443. The van der Waals surface area contributed by atoms with E-state index >= 15 is 0 Å². The molecule has 2 nitrogen and oxygen atoms in total. The van der Waals surface area contributed by atoms with Crippen molar-refractivity contribution in [1.82, 2.24) is 4.98 Å². The first-order chi connectivity index (χ1) is 6.76. The molecule has 0 amide bonds. The second kappa shape index (κ2) is 3.76. The minimum Gasteiger partial charge on any atom is -0.298 e.